The number of aromatic nitrogens is 4. The van der Waals surface area contributed by atoms with E-state index in [0.29, 0.717) is 12.5 Å². The van der Waals surface area contributed by atoms with E-state index in [2.05, 4.69) is 33.7 Å². The summed E-state index contributed by atoms with van der Waals surface area (Å²) in [6, 6.07) is 3.78. The Hall–Kier alpha value is -2.28. The fourth-order valence-electron chi connectivity index (χ4n) is 3.85. The van der Waals surface area contributed by atoms with Crippen molar-refractivity contribution in [2.24, 2.45) is 0 Å². The quantitative estimate of drug-likeness (QED) is 0.796. The second-order valence-electron chi connectivity index (χ2n) is 7.79. The molecule has 0 spiro atoms. The van der Waals surface area contributed by atoms with E-state index in [1.54, 1.807) is 10.7 Å². The standard InChI is InChI=1S/C20H28N6O/c1-15(2)20-21-7-6-18(22-20)25-11-8-24(9-12-25)10-13-26-19(27)14-16-4-3-5-17(16)23-26/h6-7,14-15H,3-5,8-13H2,1-2H3. The summed E-state index contributed by atoms with van der Waals surface area (Å²) in [7, 11) is 0. The van der Waals surface area contributed by atoms with E-state index in [1.807, 2.05) is 12.3 Å². The zero-order chi connectivity index (χ0) is 18.8. The van der Waals surface area contributed by atoms with Crippen LogP contribution in [0, 0.1) is 0 Å². The van der Waals surface area contributed by atoms with Crippen molar-refractivity contribution in [3.05, 3.63) is 45.8 Å². The highest BCUT2D eigenvalue weighted by Gasteiger charge is 2.20. The number of aryl methyl sites for hydroxylation is 2. The van der Waals surface area contributed by atoms with Gasteiger partial charge in [0.05, 0.1) is 12.2 Å². The van der Waals surface area contributed by atoms with E-state index in [9.17, 15) is 4.79 Å². The van der Waals surface area contributed by atoms with Crippen molar-refractivity contribution < 1.29 is 0 Å². The zero-order valence-electron chi connectivity index (χ0n) is 16.3. The smallest absolute Gasteiger partial charge is 0.267 e. The second-order valence-corrected chi connectivity index (χ2v) is 7.79. The maximum atomic E-state index is 12.2. The number of hydrogen-bond donors (Lipinski definition) is 0. The molecule has 1 aliphatic heterocycles. The van der Waals surface area contributed by atoms with Crippen LogP contribution in [0.1, 0.15) is 43.3 Å². The topological polar surface area (TPSA) is 67.2 Å². The van der Waals surface area contributed by atoms with Crippen molar-refractivity contribution in [3.63, 3.8) is 0 Å². The van der Waals surface area contributed by atoms with E-state index in [4.69, 9.17) is 4.98 Å². The van der Waals surface area contributed by atoms with Crippen LogP contribution in [-0.2, 0) is 19.4 Å². The van der Waals surface area contributed by atoms with Crippen LogP contribution >= 0.6 is 0 Å². The third-order valence-electron chi connectivity index (χ3n) is 5.52. The van der Waals surface area contributed by atoms with Gasteiger partial charge in [-0.15, -0.1) is 0 Å². The molecule has 27 heavy (non-hydrogen) atoms. The first-order valence-electron chi connectivity index (χ1n) is 10.0. The summed E-state index contributed by atoms with van der Waals surface area (Å²) in [5.41, 5.74) is 2.30. The minimum atomic E-state index is 0.0384. The molecule has 1 aliphatic carbocycles. The highest BCUT2D eigenvalue weighted by Crippen LogP contribution is 2.18. The van der Waals surface area contributed by atoms with Crippen LogP contribution in [0.3, 0.4) is 0 Å². The normalized spacial score (nSPS) is 17.5. The largest absolute Gasteiger partial charge is 0.354 e. The van der Waals surface area contributed by atoms with Crippen LogP contribution in [0.5, 0.6) is 0 Å². The Labute approximate surface area is 160 Å². The van der Waals surface area contributed by atoms with E-state index in [0.717, 1.165) is 74.9 Å². The molecule has 7 nitrogen and oxygen atoms in total. The first-order chi connectivity index (χ1) is 13.1. The molecule has 1 fully saturated rings. The van der Waals surface area contributed by atoms with Gasteiger partial charge in [-0.2, -0.15) is 5.10 Å². The Morgan fingerprint density at radius 2 is 1.93 bits per heavy atom. The van der Waals surface area contributed by atoms with Gasteiger partial charge in [0.2, 0.25) is 0 Å². The average Bonchev–Trinajstić information content (AvgIpc) is 3.13. The van der Waals surface area contributed by atoms with Crippen molar-refractivity contribution in [2.45, 2.75) is 45.6 Å². The van der Waals surface area contributed by atoms with Crippen LogP contribution in [-0.4, -0.2) is 57.4 Å². The number of anilines is 1. The first kappa shape index (κ1) is 18.1. The van der Waals surface area contributed by atoms with Crippen LogP contribution in [0.4, 0.5) is 5.82 Å². The number of piperazine rings is 1. The molecule has 144 valence electrons. The molecule has 1 saturated heterocycles. The lowest BCUT2D eigenvalue weighted by atomic mass is 10.2. The number of rotatable bonds is 5. The Kier molecular flexibility index (Phi) is 5.20. The van der Waals surface area contributed by atoms with Gasteiger partial charge >= 0.3 is 0 Å². The van der Waals surface area contributed by atoms with Crippen molar-refractivity contribution >= 4 is 5.82 Å². The third kappa shape index (κ3) is 4.03. The highest BCUT2D eigenvalue weighted by molar-refractivity contribution is 5.38. The molecule has 3 heterocycles. The number of fused-ring (bicyclic) bond motifs is 1. The fourth-order valence-corrected chi connectivity index (χ4v) is 3.85. The van der Waals surface area contributed by atoms with Gasteiger partial charge in [-0.1, -0.05) is 13.8 Å². The zero-order valence-corrected chi connectivity index (χ0v) is 16.3. The molecule has 0 bridgehead atoms. The third-order valence-corrected chi connectivity index (χ3v) is 5.52. The van der Waals surface area contributed by atoms with Gasteiger partial charge in [0.25, 0.3) is 5.56 Å². The summed E-state index contributed by atoms with van der Waals surface area (Å²) in [6.07, 6.45) is 4.98. The summed E-state index contributed by atoms with van der Waals surface area (Å²) >= 11 is 0. The molecule has 0 saturated carbocycles. The van der Waals surface area contributed by atoms with Gasteiger partial charge in [0, 0.05) is 50.9 Å². The Morgan fingerprint density at radius 1 is 1.11 bits per heavy atom. The van der Waals surface area contributed by atoms with Crippen LogP contribution < -0.4 is 10.5 Å². The second kappa shape index (κ2) is 7.76. The molecule has 0 N–H and O–H groups in total. The minimum absolute atomic E-state index is 0.0384. The molecule has 2 aliphatic rings. The predicted octanol–water partition coefficient (Wildman–Crippen LogP) is 1.47. The molecular weight excluding hydrogens is 340 g/mol. The Balaban J connectivity index is 1.32. The lowest BCUT2D eigenvalue weighted by Gasteiger charge is -2.35. The van der Waals surface area contributed by atoms with Gasteiger partial charge in [-0.25, -0.2) is 14.6 Å². The molecular formula is C20H28N6O. The molecule has 0 atom stereocenters. The van der Waals surface area contributed by atoms with E-state index in [1.165, 1.54) is 0 Å². The lowest BCUT2D eigenvalue weighted by Crippen LogP contribution is -2.48. The van der Waals surface area contributed by atoms with E-state index >= 15 is 0 Å². The fraction of sp³-hybridized carbons (Fsp3) is 0.600. The van der Waals surface area contributed by atoms with Crippen molar-refractivity contribution in [1.82, 2.24) is 24.6 Å². The molecule has 7 heteroatoms. The molecule has 0 radical (unpaired) electrons. The highest BCUT2D eigenvalue weighted by atomic mass is 16.1. The van der Waals surface area contributed by atoms with Gasteiger partial charge in [0.1, 0.15) is 11.6 Å². The van der Waals surface area contributed by atoms with E-state index < -0.39 is 0 Å². The number of hydrogen-bond acceptors (Lipinski definition) is 6. The van der Waals surface area contributed by atoms with Crippen LogP contribution in [0.25, 0.3) is 0 Å². The Bertz CT molecular complexity index is 854. The summed E-state index contributed by atoms with van der Waals surface area (Å²) in [5.74, 6) is 2.26. The molecule has 2 aromatic heterocycles. The summed E-state index contributed by atoms with van der Waals surface area (Å²) in [6.45, 7) is 9.60. The van der Waals surface area contributed by atoms with Crippen LogP contribution in [0.2, 0.25) is 0 Å². The molecule has 0 unspecified atom stereocenters. The summed E-state index contributed by atoms with van der Waals surface area (Å²) < 4.78 is 1.65. The van der Waals surface area contributed by atoms with Crippen molar-refractivity contribution in [1.29, 1.82) is 0 Å². The first-order valence-corrected chi connectivity index (χ1v) is 10.0. The van der Waals surface area contributed by atoms with Gasteiger partial charge in [-0.3, -0.25) is 9.69 Å². The van der Waals surface area contributed by atoms with Gasteiger partial charge in [0.15, 0.2) is 0 Å². The number of nitrogens with zero attached hydrogens (tertiary/aromatic N) is 6. The van der Waals surface area contributed by atoms with Crippen molar-refractivity contribution in [2.75, 3.05) is 37.6 Å². The SMILES string of the molecule is CC(C)c1nccc(N2CCN(CCn3nc4c(cc3=O)CCC4)CC2)n1. The van der Waals surface area contributed by atoms with E-state index in [-0.39, 0.29) is 5.56 Å². The summed E-state index contributed by atoms with van der Waals surface area (Å²) in [5, 5.41) is 4.58. The van der Waals surface area contributed by atoms with Crippen LogP contribution in [0.15, 0.2) is 23.1 Å². The van der Waals surface area contributed by atoms with Gasteiger partial charge < -0.3 is 4.90 Å². The molecule has 2 aromatic rings. The lowest BCUT2D eigenvalue weighted by molar-refractivity contribution is 0.242. The monoisotopic (exact) mass is 368 g/mol. The van der Waals surface area contributed by atoms with Crippen molar-refractivity contribution in [3.8, 4) is 0 Å². The molecule has 0 aromatic carbocycles. The summed E-state index contributed by atoms with van der Waals surface area (Å²) in [4.78, 5) is 26.0. The average molecular weight is 368 g/mol. The Morgan fingerprint density at radius 3 is 2.70 bits per heavy atom. The minimum Gasteiger partial charge on any atom is -0.354 e. The predicted molar refractivity (Wildman–Crippen MR) is 105 cm³/mol. The molecule has 4 rings (SSSR count). The van der Waals surface area contributed by atoms with Gasteiger partial charge in [-0.05, 0) is 30.9 Å². The maximum Gasteiger partial charge on any atom is 0.267 e. The molecule has 0 amide bonds. The maximum absolute atomic E-state index is 12.2.